The summed E-state index contributed by atoms with van der Waals surface area (Å²) in [5, 5.41) is 104. The Labute approximate surface area is 1220 Å². The van der Waals surface area contributed by atoms with Gasteiger partial charge in [0.2, 0.25) is 0 Å². The summed E-state index contributed by atoms with van der Waals surface area (Å²) in [4.78, 5) is 16.1. The van der Waals surface area contributed by atoms with Crippen LogP contribution >= 0.6 is 0 Å². The van der Waals surface area contributed by atoms with E-state index in [9.17, 15) is 61.0 Å². The monoisotopic (exact) mass is 4230 g/mol. The molecule has 10 radical (unpaired) electrons. The number of hydrogen-bond donors (Lipinski definition) is 11. The van der Waals surface area contributed by atoms with Crippen molar-refractivity contribution in [2.75, 3.05) is 19.8 Å². The number of aliphatic hydroxyl groups is 11. The number of carbonyl (C=O) groups is 1. The Morgan fingerprint density at radius 1 is 0.504 bits per heavy atom. The fraction of sp³-hybridized carbons (Fsp3) is 0.639. The average Bonchev–Trinajstić information content (AvgIpc) is 1.44. The van der Waals surface area contributed by atoms with Gasteiger partial charge in [-0.05, 0) is 155 Å². The third kappa shape index (κ3) is 78.1. The van der Waals surface area contributed by atoms with Gasteiger partial charge in [-0.15, -0.1) is 0 Å². The van der Waals surface area contributed by atoms with E-state index < -0.39 is 97.5 Å². The first-order valence-electron chi connectivity index (χ1n) is 43.6. The van der Waals surface area contributed by atoms with E-state index in [1.54, 1.807) is 18.2 Å². The number of imidazole rings is 1. The molecule has 23 nitrogen and oxygen atoms in total. The molecule has 3 aromatic carbocycles. The number of nitrogens with zero attached hydrogens (tertiary/aromatic N) is 2. The maximum absolute atomic E-state index is 11.9. The van der Waals surface area contributed by atoms with Crippen molar-refractivity contribution < 1.29 is 620 Å². The van der Waals surface area contributed by atoms with Crippen molar-refractivity contribution in [2.24, 2.45) is 0 Å². The summed E-state index contributed by atoms with van der Waals surface area (Å²) in [6, 6.07) is 23.0. The Hall–Kier alpha value is 11.8. The molecule has 11 unspecified atom stereocenters. The van der Waals surface area contributed by atoms with Gasteiger partial charge in [-0.2, -0.15) is 32.1 Å². The van der Waals surface area contributed by atoms with Crippen LogP contribution in [0.1, 0.15) is 238 Å². The van der Waals surface area contributed by atoms with E-state index in [0.29, 0.717) is 49.7 Å². The van der Waals surface area contributed by atoms with E-state index in [2.05, 4.69) is 145 Å². The first-order valence-corrected chi connectivity index (χ1v) is 43.6. The molecule has 6 aliphatic rings. The minimum atomic E-state index is -1.39. The summed E-state index contributed by atoms with van der Waals surface area (Å²) in [5.74, 6) is 1.32. The predicted molar refractivity (Wildman–Crippen MR) is 477 cm³/mol. The van der Waals surface area contributed by atoms with Gasteiger partial charge in [-0.25, -0.2) is 28.9 Å². The van der Waals surface area contributed by atoms with E-state index in [-0.39, 0.29) is 567 Å². The minimum Gasteiger partial charge on any atom is -0.493 e. The summed E-state index contributed by atoms with van der Waals surface area (Å²) in [7, 11) is 0. The van der Waals surface area contributed by atoms with Crippen LogP contribution in [0.15, 0.2) is 110 Å². The number of aryl methyl sites for hydroxylation is 3. The molecule has 6 aliphatic heterocycles. The molecule has 7 heterocycles. The number of hydrogen-bond acceptors (Lipinski definition) is 22. The van der Waals surface area contributed by atoms with E-state index in [1.165, 1.54) is 36.9 Å². The number of rotatable bonds is 31. The van der Waals surface area contributed by atoms with Crippen LogP contribution in [0.25, 0.3) is 0 Å². The first kappa shape index (κ1) is 195. The third-order valence-electron chi connectivity index (χ3n) is 21.1. The quantitative estimate of drug-likeness (QED) is 0.0127. The molecule has 42 heteroatoms. The van der Waals surface area contributed by atoms with E-state index in [4.69, 9.17) is 42.6 Å². The second kappa shape index (κ2) is 118. The Balaban J connectivity index is -0.0000000680. The number of allylic oxidation sites excluding steroid dienone is 1. The van der Waals surface area contributed by atoms with E-state index in [1.807, 2.05) is 94.8 Å². The number of esters is 1. The number of aliphatic hydroxyl groups excluding tert-OH is 11. The Bertz CT molecular complexity index is 3320. The van der Waals surface area contributed by atoms with Crippen LogP contribution in [-0.4, -0.2) is 232 Å². The molecule has 0 bridgehead atoms. The van der Waals surface area contributed by atoms with Crippen molar-refractivity contribution in [3.63, 3.8) is 0 Å². The van der Waals surface area contributed by atoms with Crippen molar-refractivity contribution in [3.05, 3.63) is 200 Å². The van der Waals surface area contributed by atoms with Crippen LogP contribution in [0.4, 0.5) is 0 Å². The van der Waals surface area contributed by atoms with Gasteiger partial charge in [0, 0.05) is 541 Å². The molecule has 1 aromatic heterocycles. The molecule has 0 spiro atoms. The van der Waals surface area contributed by atoms with Crippen LogP contribution in [0.2, 0.25) is 0 Å². The number of unbranched alkanes of at least 4 members (excludes halogenated alkanes) is 2. The molecule has 0 aliphatic carbocycles. The van der Waals surface area contributed by atoms with Gasteiger partial charge in [-0.1, -0.05) is 170 Å². The summed E-state index contributed by atoms with van der Waals surface area (Å²) in [6.45, 7) is 58.4. The van der Waals surface area contributed by atoms with Gasteiger partial charge >= 0.3 is 5.97 Å². The molecule has 0 amide bonds. The van der Waals surface area contributed by atoms with Gasteiger partial charge in [0.15, 0.2) is 0 Å². The van der Waals surface area contributed by atoms with Crippen LogP contribution in [0, 0.1) is 62.3 Å². The smallest absolute Gasteiger partial charge is 0.338 e. The van der Waals surface area contributed by atoms with Crippen molar-refractivity contribution in [1.29, 1.82) is 0 Å². The van der Waals surface area contributed by atoms with Gasteiger partial charge in [0.1, 0.15) is 73.0 Å². The second-order valence-electron chi connectivity index (χ2n) is 31.1. The molecule has 11 N–H and O–H groups in total. The topological polar surface area (TPSA) is 340 Å². The number of benzene rings is 3. The zero-order chi connectivity index (χ0) is 89.2. The van der Waals surface area contributed by atoms with Crippen molar-refractivity contribution in [2.45, 2.75) is 377 Å². The minimum absolute atomic E-state index is 0. The maximum Gasteiger partial charge on any atom is 0.338 e. The van der Waals surface area contributed by atoms with E-state index in [0.717, 1.165) is 132 Å². The number of para-hydroxylation sites is 2. The van der Waals surface area contributed by atoms with Gasteiger partial charge < -0.3 is 159 Å². The van der Waals surface area contributed by atoms with Gasteiger partial charge in [0.05, 0.1) is 80.0 Å². The maximum atomic E-state index is 11.9. The van der Waals surface area contributed by atoms with Gasteiger partial charge in [0.25, 0.3) is 0 Å². The van der Waals surface area contributed by atoms with Gasteiger partial charge in [-0.3, -0.25) is 0 Å². The molecule has 23 atom stereocenters. The summed E-state index contributed by atoms with van der Waals surface area (Å²) < 4.78 is 51.1. The fourth-order valence-electron chi connectivity index (χ4n) is 13.3. The zero-order valence-electron chi connectivity index (χ0n) is 83.3. The largest absolute Gasteiger partial charge is 0.493 e. The molecular weight excluding hydrogens is 4070 g/mol. The summed E-state index contributed by atoms with van der Waals surface area (Å²) >= 11 is 0. The van der Waals surface area contributed by atoms with Crippen molar-refractivity contribution in [3.8, 4) is 11.5 Å². The molecular formula is C97H159N2O21W9Y10-9. The molecule has 139 heavy (non-hydrogen) atoms. The SMILES string of the molecule is C.[CH2-]C(O)Cc1ccccc1OCCC.[CH2-]C1OC(CC)C(O)C(O)C1O.[CH2-]C1OC(COC(=O)c2ccc(CC)cc2)C(O)C(O)C1O.[CH2-]C=CC[C@@H]1O[C@H](CC)[C@@H](O)[C@H]1O.[CH2-]CC(C)(C)c1ccccc1OCCC.[CH2-]CCC[C@@H]1O[C@H](CC)[C@@H](O)[C@H]1O.[CH2-]CCn1cncc1CCCC.[CH2-]C[C@H]1C=C[C@@H](CC)O1.[CH2-]C[C@H]1CC[C@@H](CC)O1.[W].[W].[W].[W].[W].[W].[W].[W].[W].[Y].[Y].[Y].[Y].[Y].[Y].[Y].[Y].[Y].[Y]. The third-order valence-corrected chi connectivity index (χ3v) is 21.1. The summed E-state index contributed by atoms with van der Waals surface area (Å²) in [6.07, 6.45) is 19.3. The van der Waals surface area contributed by atoms with Crippen LogP contribution in [-0.2, 0) is 581 Å². The summed E-state index contributed by atoms with van der Waals surface area (Å²) in [5.41, 5.74) is 5.22. The van der Waals surface area contributed by atoms with Crippen LogP contribution in [0.3, 0.4) is 0 Å². The predicted octanol–water partition coefficient (Wildman–Crippen LogP) is 14.1. The number of ether oxygens (including phenoxy) is 9. The van der Waals surface area contributed by atoms with Crippen molar-refractivity contribution in [1.82, 2.24) is 9.55 Å². The number of aromatic nitrogens is 2. The normalized spacial score (nSPS) is 24.6. The molecule has 10 rings (SSSR count). The Morgan fingerprint density at radius 2 is 0.950 bits per heavy atom. The molecule has 4 aromatic rings. The molecule has 5 fully saturated rings. The zero-order valence-corrected chi connectivity index (χ0v) is 138. The van der Waals surface area contributed by atoms with Crippen LogP contribution in [0.5, 0.6) is 11.5 Å². The molecule has 0 saturated carbocycles. The first-order chi connectivity index (χ1) is 56.9. The van der Waals surface area contributed by atoms with E-state index >= 15 is 0 Å². The molecule has 776 valence electrons. The second-order valence-corrected chi connectivity index (χ2v) is 31.1. The van der Waals surface area contributed by atoms with Crippen LogP contribution < -0.4 is 9.47 Å². The average molecular weight is 4230 g/mol. The number of carbonyl (C=O) groups excluding carboxylic acids is 1. The fourth-order valence-corrected chi connectivity index (χ4v) is 13.3. The Kier molecular flexibility index (Phi) is 165. The Morgan fingerprint density at radius 3 is 1.36 bits per heavy atom. The van der Waals surface area contributed by atoms with Crippen molar-refractivity contribution >= 4 is 5.97 Å². The molecule has 5 saturated heterocycles. The standard InChI is InChI=1S/C16H21O6.C14H21O.C12H17O2.C10H17N2.C10H19O3.C10H17O3.C8H15O4.C8H15O.C8H13O.CH4.9W.10Y/c1-3-10-4-6-11(7-5-10)16(20)21-8-12-14(18)15(19)13(17)9(2)22-12;1-5-11-15-13-10-8-7-9-12(13)14(3,4)6-2;1-3-8-14-12-7-5-4-6-11(12)9-10(2)13;1-3-5-6-10-8-11-9-12(10)7-4-2;2*1-3-5-6-8-10(12)9(11)7(4-2)13-8;1-3-5-7(10)8(11)6(9)4(2)12-5;2*1-3-7-5-6-8(4-2)9-7;;;;;;;;;;;;;;;;;;;;/h4-7,9,12-15,17-19H,2-3,8H2,1H3;7-10H,2,5-6,11H2,1,3-4H3;4-7,10,13H,2-3,8-9H2,1H3;8-9H,2-7H2,1H3;7-12H,1,3-6H2,2H3;3,5,7-12H,1,4,6H2,2H3;4-11H,2-3H2,1H3;7-8H,1,3-6H2,2H3;5-8H,1,3-4H2,2H3;1H4;;;;;;;;;;;;;;;;;;;/q9*-1;;;;;;;;;;;;;;;;;;;;/t;;;;2*7-,8+,9-,10+;;2*7-,8+;;;;;;;;;;;;;;;;;;;;/m....11.00..................../s1.